The summed E-state index contributed by atoms with van der Waals surface area (Å²) in [6.45, 7) is 1.81. The number of aliphatic hydroxyl groups is 1. The maximum atomic E-state index is 10.6. The minimum Gasteiger partial charge on any atom is -0.493 e. The Morgan fingerprint density at radius 3 is 2.36 bits per heavy atom. The molecule has 1 N–H and O–H groups in total. The highest BCUT2D eigenvalue weighted by Gasteiger charge is 2.16. The van der Waals surface area contributed by atoms with Crippen molar-refractivity contribution in [2.24, 2.45) is 0 Å². The third kappa shape index (κ3) is 5.62. The number of nitrogens with zero attached hydrogens (tertiary/aromatic N) is 1. The molecule has 0 saturated carbocycles. The zero-order valence-corrected chi connectivity index (χ0v) is 16.4. The molecule has 0 spiro atoms. The minimum atomic E-state index is -0.475. The number of benzene rings is 2. The predicted octanol–water partition coefficient (Wildman–Crippen LogP) is 3.90. The van der Waals surface area contributed by atoms with E-state index in [0.717, 1.165) is 16.9 Å². The summed E-state index contributed by atoms with van der Waals surface area (Å²) < 4.78 is 16.2. The number of hydrogen-bond donors (Lipinski definition) is 1. The van der Waals surface area contributed by atoms with Gasteiger partial charge in [0.15, 0.2) is 11.5 Å². The molecule has 0 radical (unpaired) electrons. The molecule has 28 heavy (non-hydrogen) atoms. The molecule has 5 heteroatoms. The van der Waals surface area contributed by atoms with Gasteiger partial charge in [-0.05, 0) is 41.8 Å². The first-order valence-corrected chi connectivity index (χ1v) is 9.35. The monoisotopic (exact) mass is 381 g/mol. The molecule has 0 aliphatic rings. The Kier molecular flexibility index (Phi) is 7.12. The van der Waals surface area contributed by atoms with E-state index in [9.17, 15) is 5.11 Å². The van der Waals surface area contributed by atoms with Gasteiger partial charge in [-0.2, -0.15) is 0 Å². The fourth-order valence-electron chi connectivity index (χ4n) is 3.29. The molecule has 0 fully saturated rings. The first kappa shape index (κ1) is 20.0. The van der Waals surface area contributed by atoms with Crippen molar-refractivity contribution < 1.29 is 19.0 Å². The Balaban J connectivity index is 1.71. The molecule has 1 aromatic heterocycles. The third-order valence-corrected chi connectivity index (χ3v) is 4.60. The highest BCUT2D eigenvalue weighted by molar-refractivity contribution is 5.42. The molecular weight excluding hydrogens is 354 g/mol. The van der Waals surface area contributed by atoms with Crippen LogP contribution in [-0.2, 0) is 19.5 Å². The van der Waals surface area contributed by atoms with Crippen LogP contribution in [0.3, 0.4) is 0 Å². The zero-order chi connectivity index (χ0) is 19.8. The van der Waals surface area contributed by atoms with Crippen molar-refractivity contribution in [3.8, 4) is 11.5 Å². The molecule has 2 aromatic carbocycles. The van der Waals surface area contributed by atoms with E-state index in [1.54, 1.807) is 20.5 Å². The largest absolute Gasteiger partial charge is 0.493 e. The Labute approximate surface area is 166 Å². The predicted molar refractivity (Wildman–Crippen MR) is 109 cm³/mol. The van der Waals surface area contributed by atoms with Crippen LogP contribution in [-0.4, -0.2) is 36.9 Å². The first-order chi connectivity index (χ1) is 13.7. The number of rotatable bonds is 10. The molecule has 0 saturated heterocycles. The van der Waals surface area contributed by atoms with Gasteiger partial charge in [0.2, 0.25) is 0 Å². The van der Waals surface area contributed by atoms with Crippen molar-refractivity contribution in [1.29, 1.82) is 0 Å². The summed E-state index contributed by atoms with van der Waals surface area (Å²) in [6.07, 6.45) is 1.81. The number of ether oxygens (including phenoxy) is 2. The summed E-state index contributed by atoms with van der Waals surface area (Å²) >= 11 is 0. The van der Waals surface area contributed by atoms with E-state index < -0.39 is 6.10 Å². The molecule has 0 unspecified atom stereocenters. The second-order valence-corrected chi connectivity index (χ2v) is 6.78. The van der Waals surface area contributed by atoms with Crippen molar-refractivity contribution >= 4 is 0 Å². The average Bonchev–Trinajstić information content (AvgIpc) is 3.21. The fraction of sp³-hybridized carbons (Fsp3) is 0.304. The first-order valence-electron chi connectivity index (χ1n) is 9.35. The van der Waals surface area contributed by atoms with E-state index in [0.29, 0.717) is 37.6 Å². The summed E-state index contributed by atoms with van der Waals surface area (Å²) in [5.41, 5.74) is 2.20. The lowest BCUT2D eigenvalue weighted by Gasteiger charge is -2.25. The summed E-state index contributed by atoms with van der Waals surface area (Å²) in [4.78, 5) is 2.17. The van der Waals surface area contributed by atoms with Crippen molar-refractivity contribution in [3.05, 3.63) is 83.8 Å². The Morgan fingerprint density at radius 2 is 1.68 bits per heavy atom. The highest BCUT2D eigenvalue weighted by atomic mass is 16.5. The smallest absolute Gasteiger partial charge is 0.161 e. The van der Waals surface area contributed by atoms with Crippen LogP contribution in [0, 0.1) is 0 Å². The van der Waals surface area contributed by atoms with Crippen LogP contribution in [0.15, 0.2) is 71.3 Å². The third-order valence-electron chi connectivity index (χ3n) is 4.60. The quantitative estimate of drug-likeness (QED) is 0.577. The maximum Gasteiger partial charge on any atom is 0.161 e. The van der Waals surface area contributed by atoms with Gasteiger partial charge in [-0.25, -0.2) is 0 Å². The molecule has 0 aliphatic heterocycles. The number of furan rings is 1. The molecule has 1 atom stereocenters. The average molecular weight is 381 g/mol. The van der Waals surface area contributed by atoms with Crippen molar-refractivity contribution in [2.45, 2.75) is 25.6 Å². The molecule has 3 rings (SSSR count). The Bertz CT molecular complexity index is 833. The van der Waals surface area contributed by atoms with Crippen LogP contribution in [0.2, 0.25) is 0 Å². The van der Waals surface area contributed by atoms with Gasteiger partial charge < -0.3 is 19.0 Å². The Morgan fingerprint density at radius 1 is 0.893 bits per heavy atom. The number of methoxy groups -OCH3 is 2. The lowest BCUT2D eigenvalue weighted by atomic mass is 10.1. The van der Waals surface area contributed by atoms with Gasteiger partial charge in [-0.15, -0.1) is 0 Å². The topological polar surface area (TPSA) is 55.1 Å². The van der Waals surface area contributed by atoms with Crippen LogP contribution in [0.1, 0.15) is 16.9 Å². The molecule has 3 aromatic rings. The fourth-order valence-corrected chi connectivity index (χ4v) is 3.29. The van der Waals surface area contributed by atoms with Crippen molar-refractivity contribution in [1.82, 2.24) is 4.90 Å². The van der Waals surface area contributed by atoms with Gasteiger partial charge in [0, 0.05) is 13.1 Å². The van der Waals surface area contributed by atoms with E-state index in [1.165, 1.54) is 0 Å². The lowest BCUT2D eigenvalue weighted by molar-refractivity contribution is 0.100. The maximum absolute atomic E-state index is 10.6. The SMILES string of the molecule is COc1ccc(CN(Cc2ccco2)C[C@@H](O)Cc2ccccc2)cc1OC. The standard InChI is InChI=1S/C23H27NO4/c1-26-22-11-10-19(14-23(22)27-2)15-24(17-21-9-6-12-28-21)16-20(25)13-18-7-4-3-5-8-18/h3-12,14,20,25H,13,15-17H2,1-2H3/t20-/m0/s1. The van der Waals surface area contributed by atoms with E-state index in [-0.39, 0.29) is 0 Å². The Hall–Kier alpha value is -2.76. The minimum absolute atomic E-state index is 0.475. The van der Waals surface area contributed by atoms with Crippen LogP contribution in [0.25, 0.3) is 0 Å². The van der Waals surface area contributed by atoms with Crippen molar-refractivity contribution in [2.75, 3.05) is 20.8 Å². The van der Waals surface area contributed by atoms with E-state index in [2.05, 4.69) is 4.90 Å². The van der Waals surface area contributed by atoms with Gasteiger partial charge in [0.05, 0.1) is 33.1 Å². The molecule has 0 aliphatic carbocycles. The lowest BCUT2D eigenvalue weighted by Crippen LogP contribution is -2.32. The van der Waals surface area contributed by atoms with Gasteiger partial charge >= 0.3 is 0 Å². The molecule has 0 bridgehead atoms. The number of aliphatic hydroxyl groups excluding tert-OH is 1. The van der Waals surface area contributed by atoms with E-state index in [1.807, 2.05) is 60.7 Å². The number of hydrogen-bond acceptors (Lipinski definition) is 5. The normalized spacial score (nSPS) is 12.1. The van der Waals surface area contributed by atoms with E-state index >= 15 is 0 Å². The highest BCUT2D eigenvalue weighted by Crippen LogP contribution is 2.28. The zero-order valence-electron chi connectivity index (χ0n) is 16.4. The molecule has 1 heterocycles. The summed E-state index contributed by atoms with van der Waals surface area (Å²) in [5.74, 6) is 2.27. The van der Waals surface area contributed by atoms with Crippen LogP contribution in [0.4, 0.5) is 0 Å². The van der Waals surface area contributed by atoms with Crippen LogP contribution < -0.4 is 9.47 Å². The molecular formula is C23H27NO4. The van der Waals surface area contributed by atoms with Gasteiger partial charge in [-0.1, -0.05) is 36.4 Å². The summed E-state index contributed by atoms with van der Waals surface area (Å²) in [6, 6.07) is 19.8. The molecule has 148 valence electrons. The van der Waals surface area contributed by atoms with Gasteiger partial charge in [0.1, 0.15) is 5.76 Å². The molecule has 5 nitrogen and oxygen atoms in total. The summed E-state index contributed by atoms with van der Waals surface area (Å²) in [5, 5.41) is 10.6. The van der Waals surface area contributed by atoms with Gasteiger partial charge in [-0.3, -0.25) is 4.90 Å². The second kappa shape index (κ2) is 9.97. The van der Waals surface area contributed by atoms with Crippen molar-refractivity contribution in [3.63, 3.8) is 0 Å². The summed E-state index contributed by atoms with van der Waals surface area (Å²) in [7, 11) is 3.26. The molecule has 0 amide bonds. The second-order valence-electron chi connectivity index (χ2n) is 6.78. The van der Waals surface area contributed by atoms with E-state index in [4.69, 9.17) is 13.9 Å². The van der Waals surface area contributed by atoms with Crippen LogP contribution in [0.5, 0.6) is 11.5 Å². The van der Waals surface area contributed by atoms with Gasteiger partial charge in [0.25, 0.3) is 0 Å². The van der Waals surface area contributed by atoms with Crippen LogP contribution >= 0.6 is 0 Å².